The Bertz CT molecular complexity index is 761. The summed E-state index contributed by atoms with van der Waals surface area (Å²) >= 11 is 0. The smallest absolute Gasteiger partial charge is 0.192 e. The van der Waals surface area contributed by atoms with Crippen LogP contribution in [0.2, 0.25) is 0 Å². The van der Waals surface area contributed by atoms with Gasteiger partial charge in [-0.05, 0) is 44.5 Å². The third-order valence-electron chi connectivity index (χ3n) is 4.91. The molecule has 0 radical (unpaired) electrons. The molecule has 1 unspecified atom stereocenters. The molecule has 0 aromatic heterocycles. The van der Waals surface area contributed by atoms with Crippen LogP contribution in [-0.4, -0.2) is 52.4 Å². The van der Waals surface area contributed by atoms with Gasteiger partial charge in [0.15, 0.2) is 12.1 Å². The number of nitrogens with one attached hydrogen (secondary N) is 3. The summed E-state index contributed by atoms with van der Waals surface area (Å²) in [5.41, 5.74) is 1.66. The molecule has 2 aliphatic heterocycles. The maximum Gasteiger partial charge on any atom is 0.192 e. The summed E-state index contributed by atoms with van der Waals surface area (Å²) in [6, 6.07) is 6.82. The van der Waals surface area contributed by atoms with Gasteiger partial charge in [-0.1, -0.05) is 12.1 Å². The minimum atomic E-state index is -0.550. The first-order chi connectivity index (χ1) is 13.4. The number of benzene rings is 1. The van der Waals surface area contributed by atoms with Crippen LogP contribution in [0.3, 0.4) is 0 Å². The van der Waals surface area contributed by atoms with E-state index in [0.29, 0.717) is 13.1 Å². The average Bonchev–Trinajstić information content (AvgIpc) is 3.12. The molecule has 2 aliphatic rings. The predicted molar refractivity (Wildman–Crippen MR) is 109 cm³/mol. The second-order valence-corrected chi connectivity index (χ2v) is 7.11. The highest BCUT2D eigenvalue weighted by Crippen LogP contribution is 2.23. The van der Waals surface area contributed by atoms with Crippen molar-refractivity contribution in [3.8, 4) is 5.75 Å². The van der Waals surface area contributed by atoms with Crippen LogP contribution in [0, 0.1) is 4.91 Å². The Morgan fingerprint density at radius 3 is 2.75 bits per heavy atom. The van der Waals surface area contributed by atoms with E-state index in [1.54, 1.807) is 29.3 Å². The number of anilines is 1. The van der Waals surface area contributed by atoms with Gasteiger partial charge in [-0.3, -0.25) is 5.84 Å². The number of aliphatic imine (C=N–C) groups is 1. The SMILES string of the molecule is CC[C@H](CN=O)N(N)C1N=C2C(=C(Nc3ccc(O)cc3)N1)NCN2C(C)C. The third-order valence-corrected chi connectivity index (χ3v) is 4.91. The molecule has 152 valence electrons. The zero-order valence-corrected chi connectivity index (χ0v) is 16.4. The number of nitrogens with two attached hydrogens (primary N) is 1. The topological polar surface area (TPSA) is 131 Å². The summed E-state index contributed by atoms with van der Waals surface area (Å²) < 4.78 is 0. The largest absolute Gasteiger partial charge is 0.508 e. The van der Waals surface area contributed by atoms with E-state index in [2.05, 4.69) is 39.9 Å². The van der Waals surface area contributed by atoms with Crippen molar-refractivity contribution in [3.63, 3.8) is 0 Å². The van der Waals surface area contributed by atoms with E-state index in [1.165, 1.54) is 0 Å². The van der Waals surface area contributed by atoms with Crippen LogP contribution in [-0.2, 0) is 0 Å². The maximum atomic E-state index is 10.8. The molecule has 0 bridgehead atoms. The zero-order chi connectivity index (χ0) is 20.3. The molecule has 28 heavy (non-hydrogen) atoms. The first kappa shape index (κ1) is 19.9. The molecule has 10 heteroatoms. The lowest BCUT2D eigenvalue weighted by atomic mass is 10.2. The van der Waals surface area contributed by atoms with Gasteiger partial charge in [-0.2, -0.15) is 4.91 Å². The summed E-state index contributed by atoms with van der Waals surface area (Å²) in [5.74, 6) is 8.05. The number of aromatic hydroxyl groups is 1. The summed E-state index contributed by atoms with van der Waals surface area (Å²) in [6.07, 6.45) is 0.126. The third kappa shape index (κ3) is 4.02. The molecular formula is C18H28N8O2. The fraction of sp³-hybridized carbons (Fsp3) is 0.500. The van der Waals surface area contributed by atoms with Crippen LogP contribution in [0.1, 0.15) is 27.2 Å². The summed E-state index contributed by atoms with van der Waals surface area (Å²) in [5, 5.41) is 24.1. The van der Waals surface area contributed by atoms with E-state index >= 15 is 0 Å². The molecule has 3 rings (SSSR count). The molecule has 6 N–H and O–H groups in total. The lowest BCUT2D eigenvalue weighted by molar-refractivity contribution is 0.120. The van der Waals surface area contributed by atoms with E-state index in [-0.39, 0.29) is 24.4 Å². The van der Waals surface area contributed by atoms with Gasteiger partial charge < -0.3 is 26.0 Å². The number of nitrogens with zero attached hydrogens (tertiary/aromatic N) is 4. The molecule has 10 nitrogen and oxygen atoms in total. The minimum Gasteiger partial charge on any atom is -0.508 e. The van der Waals surface area contributed by atoms with Gasteiger partial charge >= 0.3 is 0 Å². The lowest BCUT2D eigenvalue weighted by Gasteiger charge is -2.36. The van der Waals surface area contributed by atoms with Gasteiger partial charge in [0.1, 0.15) is 17.3 Å². The van der Waals surface area contributed by atoms with Crippen LogP contribution in [0.25, 0.3) is 0 Å². The zero-order valence-electron chi connectivity index (χ0n) is 16.4. The Hall–Kier alpha value is -2.85. The normalized spacial score (nSPS) is 19.9. The maximum absolute atomic E-state index is 10.8. The Morgan fingerprint density at radius 1 is 1.43 bits per heavy atom. The first-order valence-corrected chi connectivity index (χ1v) is 9.42. The van der Waals surface area contributed by atoms with Crippen molar-refractivity contribution < 1.29 is 5.11 Å². The van der Waals surface area contributed by atoms with Gasteiger partial charge in [0.05, 0.1) is 19.3 Å². The van der Waals surface area contributed by atoms with Crippen molar-refractivity contribution in [2.24, 2.45) is 16.0 Å². The van der Waals surface area contributed by atoms with Crippen LogP contribution in [0.15, 0.2) is 46.0 Å². The van der Waals surface area contributed by atoms with E-state index < -0.39 is 6.29 Å². The second kappa shape index (κ2) is 8.44. The van der Waals surface area contributed by atoms with Gasteiger partial charge in [0.25, 0.3) is 0 Å². The van der Waals surface area contributed by atoms with Crippen molar-refractivity contribution in [3.05, 3.63) is 40.7 Å². The Morgan fingerprint density at radius 2 is 2.14 bits per heavy atom. The number of nitroso groups, excluding NO2 is 1. The Kier molecular flexibility index (Phi) is 6.00. The fourth-order valence-corrected chi connectivity index (χ4v) is 3.23. The number of rotatable bonds is 8. The van der Waals surface area contributed by atoms with Crippen LogP contribution in [0.5, 0.6) is 5.75 Å². The van der Waals surface area contributed by atoms with Crippen molar-refractivity contribution >= 4 is 11.5 Å². The number of hydrogen-bond donors (Lipinski definition) is 5. The molecule has 0 amide bonds. The van der Waals surface area contributed by atoms with Crippen molar-refractivity contribution in [2.75, 3.05) is 18.5 Å². The van der Waals surface area contributed by atoms with Crippen molar-refractivity contribution in [2.45, 2.75) is 45.6 Å². The van der Waals surface area contributed by atoms with E-state index in [0.717, 1.165) is 23.0 Å². The average molecular weight is 388 g/mol. The quantitative estimate of drug-likeness (QED) is 0.195. The van der Waals surface area contributed by atoms with Crippen LogP contribution in [0.4, 0.5) is 5.69 Å². The van der Waals surface area contributed by atoms with Crippen molar-refractivity contribution in [1.29, 1.82) is 0 Å². The highest BCUT2D eigenvalue weighted by atomic mass is 16.3. The fourth-order valence-electron chi connectivity index (χ4n) is 3.23. The van der Waals surface area contributed by atoms with E-state index in [9.17, 15) is 10.0 Å². The lowest BCUT2D eigenvalue weighted by Crippen LogP contribution is -2.57. The van der Waals surface area contributed by atoms with Crippen LogP contribution >= 0.6 is 0 Å². The van der Waals surface area contributed by atoms with Crippen LogP contribution < -0.4 is 21.8 Å². The van der Waals surface area contributed by atoms with Gasteiger partial charge in [0.2, 0.25) is 0 Å². The number of hydrogen-bond acceptors (Lipinski definition) is 10. The van der Waals surface area contributed by atoms with Crippen molar-refractivity contribution in [1.82, 2.24) is 20.5 Å². The number of amidine groups is 1. The van der Waals surface area contributed by atoms with E-state index in [1.807, 2.05) is 6.92 Å². The molecule has 2 heterocycles. The number of fused-ring (bicyclic) bond motifs is 1. The second-order valence-electron chi connectivity index (χ2n) is 7.11. The monoisotopic (exact) mass is 388 g/mol. The number of phenols is 1. The Balaban J connectivity index is 1.91. The first-order valence-electron chi connectivity index (χ1n) is 9.42. The Labute approximate surface area is 164 Å². The molecule has 2 atom stereocenters. The molecule has 1 aromatic carbocycles. The standard InChI is InChI=1S/C18H28N8O2/c1-4-13(9-21-28)26(19)18-23-16(22-12-5-7-14(27)8-6-12)15-17(24-18)25(10-20-15)11(2)3/h5-8,11,13,18,20,22-23,27H,4,9-10,19H2,1-3H3/t13-,18?/m1/s1. The highest BCUT2D eigenvalue weighted by Gasteiger charge is 2.35. The van der Waals surface area contributed by atoms with Gasteiger partial charge in [-0.25, -0.2) is 10.0 Å². The highest BCUT2D eigenvalue weighted by molar-refractivity contribution is 6.01. The molecule has 0 aliphatic carbocycles. The van der Waals surface area contributed by atoms with Gasteiger partial charge in [0, 0.05) is 11.7 Å². The molecule has 1 saturated heterocycles. The number of phenolic OH excluding ortho intramolecular Hbond substituents is 1. The van der Waals surface area contributed by atoms with E-state index in [4.69, 9.17) is 10.8 Å². The van der Waals surface area contributed by atoms with Gasteiger partial charge in [-0.15, -0.1) is 0 Å². The summed E-state index contributed by atoms with van der Waals surface area (Å²) in [7, 11) is 0. The molecular weight excluding hydrogens is 360 g/mol. The summed E-state index contributed by atoms with van der Waals surface area (Å²) in [6.45, 7) is 6.89. The molecule has 0 saturated carbocycles. The summed E-state index contributed by atoms with van der Waals surface area (Å²) in [4.78, 5) is 17.7. The predicted octanol–water partition coefficient (Wildman–Crippen LogP) is 1.25. The minimum absolute atomic E-state index is 0.0967. The molecule has 0 spiro atoms. The molecule has 1 aromatic rings. The molecule has 1 fully saturated rings. The number of hydrazine groups is 1.